The minimum Gasteiger partial charge on any atom is -0.308 e. The van der Waals surface area contributed by atoms with Gasteiger partial charge >= 0.3 is 0 Å². The molecule has 8 heteroatoms. The topological polar surface area (TPSA) is 97.7 Å². The number of carbonyl (C=O) groups excluding carboxylic acids is 1. The number of nitrogens with one attached hydrogen (secondary N) is 2. The number of anilines is 1. The highest BCUT2D eigenvalue weighted by Crippen LogP contribution is 2.26. The molecule has 0 bridgehead atoms. The highest BCUT2D eigenvalue weighted by Gasteiger charge is 2.42. The van der Waals surface area contributed by atoms with Crippen LogP contribution in [0.3, 0.4) is 0 Å². The van der Waals surface area contributed by atoms with E-state index in [0.29, 0.717) is 13.0 Å². The molecule has 1 fully saturated rings. The van der Waals surface area contributed by atoms with Crippen molar-refractivity contribution in [1.82, 2.24) is 20.1 Å². The molecule has 0 spiro atoms. The van der Waals surface area contributed by atoms with Crippen LogP contribution < -0.4 is 5.32 Å². The molecule has 23 heavy (non-hydrogen) atoms. The third kappa shape index (κ3) is 3.13. The van der Waals surface area contributed by atoms with E-state index in [9.17, 15) is 9.18 Å². The van der Waals surface area contributed by atoms with E-state index in [2.05, 4.69) is 20.5 Å². The zero-order chi connectivity index (χ0) is 16.3. The van der Waals surface area contributed by atoms with Crippen LogP contribution >= 0.6 is 0 Å². The van der Waals surface area contributed by atoms with Crippen LogP contribution in [0.2, 0.25) is 0 Å². The van der Waals surface area contributed by atoms with E-state index in [1.54, 1.807) is 30.6 Å². The maximum Gasteiger partial charge on any atom is 0.265 e. The van der Waals surface area contributed by atoms with Crippen molar-refractivity contribution in [2.24, 2.45) is 0 Å². The molecule has 1 aliphatic rings. The number of amides is 1. The molecule has 0 aromatic carbocycles. The fourth-order valence-electron chi connectivity index (χ4n) is 2.55. The smallest absolute Gasteiger partial charge is 0.265 e. The molecule has 0 aliphatic carbocycles. The number of piperidine rings is 1. The predicted molar refractivity (Wildman–Crippen MR) is 80.7 cm³/mol. The van der Waals surface area contributed by atoms with Crippen LogP contribution in [-0.4, -0.2) is 44.7 Å². The van der Waals surface area contributed by atoms with E-state index < -0.39 is 11.6 Å². The monoisotopic (exact) mass is 314 g/mol. The average molecular weight is 314 g/mol. The normalized spacial score (nSPS) is 20.8. The Kier molecular flexibility index (Phi) is 3.93. The van der Waals surface area contributed by atoms with Crippen LogP contribution in [0.15, 0.2) is 30.6 Å². The molecule has 118 valence electrons. The highest BCUT2D eigenvalue weighted by atomic mass is 19.1. The molecular formula is C15H15FN6O. The van der Waals surface area contributed by atoms with Crippen molar-refractivity contribution in [3.8, 4) is 17.5 Å². The summed E-state index contributed by atoms with van der Waals surface area (Å²) in [6.45, 7) is 0.258. The largest absolute Gasteiger partial charge is 0.308 e. The standard InChI is InChI=1S/C15H15FN6O/c16-15(5-1-7-22(9-15)10-17)14(23)20-13-3-2-11(8-18-13)12-4-6-19-21-12/h2-4,6,8H,1,5,7,9H2,(H,19,21)(H,18,20,23)/t15-/m1/s1. The molecule has 3 heterocycles. The van der Waals surface area contributed by atoms with Gasteiger partial charge in [-0.2, -0.15) is 10.4 Å². The van der Waals surface area contributed by atoms with Gasteiger partial charge in [0.15, 0.2) is 6.19 Å². The number of halogens is 1. The summed E-state index contributed by atoms with van der Waals surface area (Å²) in [6, 6.07) is 5.15. The molecule has 0 radical (unpaired) electrons. The number of hydrogen-bond acceptors (Lipinski definition) is 5. The van der Waals surface area contributed by atoms with Crippen LogP contribution in [0, 0.1) is 11.5 Å². The number of hydrogen-bond donors (Lipinski definition) is 2. The summed E-state index contributed by atoms with van der Waals surface area (Å²) in [6.07, 6.45) is 5.64. The molecule has 7 nitrogen and oxygen atoms in total. The minimum absolute atomic E-state index is 0.100. The fourth-order valence-corrected chi connectivity index (χ4v) is 2.55. The number of alkyl halides is 1. The lowest BCUT2D eigenvalue weighted by Crippen LogP contribution is -2.51. The Morgan fingerprint density at radius 2 is 2.35 bits per heavy atom. The zero-order valence-electron chi connectivity index (χ0n) is 12.3. The van der Waals surface area contributed by atoms with E-state index in [1.165, 1.54) is 4.90 Å². The van der Waals surface area contributed by atoms with Crippen molar-refractivity contribution >= 4 is 11.7 Å². The first-order chi connectivity index (χ1) is 11.1. The highest BCUT2D eigenvalue weighted by molar-refractivity contribution is 5.97. The number of likely N-dealkylation sites (tertiary alicyclic amines) is 1. The van der Waals surface area contributed by atoms with Gasteiger partial charge in [-0.1, -0.05) is 0 Å². The molecule has 1 atom stereocenters. The maximum atomic E-state index is 14.7. The minimum atomic E-state index is -2.07. The molecule has 2 aromatic heterocycles. The third-order valence-corrected chi connectivity index (χ3v) is 3.81. The molecule has 1 amide bonds. The lowest BCUT2D eigenvalue weighted by atomic mass is 9.94. The van der Waals surface area contributed by atoms with Crippen LogP contribution in [0.1, 0.15) is 12.8 Å². The Bertz CT molecular complexity index is 723. The molecular weight excluding hydrogens is 299 g/mol. The van der Waals surface area contributed by atoms with Crippen molar-refractivity contribution in [2.45, 2.75) is 18.5 Å². The number of aromatic nitrogens is 3. The lowest BCUT2D eigenvalue weighted by molar-refractivity contribution is -0.130. The predicted octanol–water partition coefficient (Wildman–Crippen LogP) is 1.70. The Labute approximate surface area is 132 Å². The van der Waals surface area contributed by atoms with Gasteiger partial charge in [-0.15, -0.1) is 0 Å². The van der Waals surface area contributed by atoms with Gasteiger partial charge in [0.1, 0.15) is 5.82 Å². The number of carbonyl (C=O) groups is 1. The second-order valence-corrected chi connectivity index (χ2v) is 5.45. The van der Waals surface area contributed by atoms with Gasteiger partial charge in [0, 0.05) is 24.5 Å². The molecule has 1 aliphatic heterocycles. The van der Waals surface area contributed by atoms with Crippen molar-refractivity contribution in [2.75, 3.05) is 18.4 Å². The van der Waals surface area contributed by atoms with E-state index in [1.807, 2.05) is 6.19 Å². The first-order valence-corrected chi connectivity index (χ1v) is 7.21. The molecule has 3 rings (SSSR count). The zero-order valence-corrected chi connectivity index (χ0v) is 12.3. The van der Waals surface area contributed by atoms with Crippen LogP contribution in [0.25, 0.3) is 11.3 Å². The van der Waals surface area contributed by atoms with Crippen LogP contribution in [-0.2, 0) is 4.79 Å². The molecule has 2 N–H and O–H groups in total. The van der Waals surface area contributed by atoms with Crippen molar-refractivity contribution in [3.63, 3.8) is 0 Å². The number of pyridine rings is 1. The van der Waals surface area contributed by atoms with E-state index >= 15 is 0 Å². The Balaban J connectivity index is 1.69. The Morgan fingerprint density at radius 1 is 1.48 bits per heavy atom. The van der Waals surface area contributed by atoms with Gasteiger partial charge in [-0.3, -0.25) is 9.89 Å². The van der Waals surface area contributed by atoms with Gasteiger partial charge < -0.3 is 10.2 Å². The first kappa shape index (κ1) is 15.0. The summed E-state index contributed by atoms with van der Waals surface area (Å²) in [5, 5.41) is 18.0. The van der Waals surface area contributed by atoms with E-state index in [-0.39, 0.29) is 18.8 Å². The summed E-state index contributed by atoms with van der Waals surface area (Å²) >= 11 is 0. The summed E-state index contributed by atoms with van der Waals surface area (Å²) in [4.78, 5) is 17.6. The van der Waals surface area contributed by atoms with Crippen LogP contribution in [0.5, 0.6) is 0 Å². The average Bonchev–Trinajstić information content (AvgIpc) is 3.10. The van der Waals surface area contributed by atoms with Gasteiger partial charge in [0.25, 0.3) is 5.91 Å². The van der Waals surface area contributed by atoms with Crippen LogP contribution in [0.4, 0.5) is 10.2 Å². The molecule has 0 unspecified atom stereocenters. The van der Waals surface area contributed by atoms with Gasteiger partial charge in [0.2, 0.25) is 5.67 Å². The van der Waals surface area contributed by atoms with E-state index in [0.717, 1.165) is 11.3 Å². The maximum absolute atomic E-state index is 14.7. The quantitative estimate of drug-likeness (QED) is 0.840. The number of aromatic amines is 1. The van der Waals surface area contributed by atoms with Gasteiger partial charge in [-0.25, -0.2) is 9.37 Å². The third-order valence-electron chi connectivity index (χ3n) is 3.81. The summed E-state index contributed by atoms with van der Waals surface area (Å²) in [5.74, 6) is -0.497. The molecule has 2 aromatic rings. The van der Waals surface area contributed by atoms with Crippen molar-refractivity contribution < 1.29 is 9.18 Å². The number of H-pyrrole nitrogens is 1. The summed E-state index contributed by atoms with van der Waals surface area (Å²) in [5.41, 5.74) is -0.462. The first-order valence-electron chi connectivity index (χ1n) is 7.21. The molecule has 1 saturated heterocycles. The summed E-state index contributed by atoms with van der Waals surface area (Å²) in [7, 11) is 0. The second-order valence-electron chi connectivity index (χ2n) is 5.45. The summed E-state index contributed by atoms with van der Waals surface area (Å²) < 4.78 is 14.7. The fraction of sp³-hybridized carbons (Fsp3) is 0.333. The number of nitriles is 1. The van der Waals surface area contributed by atoms with Crippen molar-refractivity contribution in [1.29, 1.82) is 5.26 Å². The Morgan fingerprint density at radius 3 is 3.00 bits per heavy atom. The Hall–Kier alpha value is -2.95. The lowest BCUT2D eigenvalue weighted by Gasteiger charge is -2.32. The SMILES string of the molecule is N#CN1CCC[C@](F)(C(=O)Nc2ccc(-c3ccn[nH]3)cn2)C1. The van der Waals surface area contributed by atoms with Gasteiger partial charge in [-0.05, 0) is 31.0 Å². The van der Waals surface area contributed by atoms with Crippen molar-refractivity contribution in [3.05, 3.63) is 30.6 Å². The van der Waals surface area contributed by atoms with Gasteiger partial charge in [0.05, 0.1) is 12.2 Å². The molecule has 0 saturated carbocycles. The number of rotatable bonds is 3. The number of nitrogens with zero attached hydrogens (tertiary/aromatic N) is 4. The second kappa shape index (κ2) is 6.04. The van der Waals surface area contributed by atoms with E-state index in [4.69, 9.17) is 5.26 Å².